The fourth-order valence-electron chi connectivity index (χ4n) is 9.47. The number of rotatable bonds is 6. The van der Waals surface area contributed by atoms with E-state index in [1.807, 2.05) is 12.1 Å². The predicted molar refractivity (Wildman–Crippen MR) is 255 cm³/mol. The van der Waals surface area contributed by atoms with E-state index in [0.717, 1.165) is 61.3 Å². The van der Waals surface area contributed by atoms with E-state index in [0.29, 0.717) is 0 Å². The summed E-state index contributed by atoms with van der Waals surface area (Å²) in [6.07, 6.45) is 0. The van der Waals surface area contributed by atoms with Gasteiger partial charge in [-0.3, -0.25) is 0 Å². The van der Waals surface area contributed by atoms with Crippen LogP contribution in [-0.4, -0.2) is 0 Å². The topological polar surface area (TPSA) is 16.4 Å². The second kappa shape index (κ2) is 13.9. The number of fused-ring (bicyclic) bond motifs is 10. The van der Waals surface area contributed by atoms with E-state index >= 15 is 0 Å². The van der Waals surface area contributed by atoms with E-state index in [2.05, 4.69) is 217 Å². The van der Waals surface area contributed by atoms with Crippen LogP contribution in [0.5, 0.6) is 0 Å². The Labute approximate surface area is 347 Å². The summed E-state index contributed by atoms with van der Waals surface area (Å²) in [6.45, 7) is 0. The molecular weight excluding hydrogens is 727 g/mol. The van der Waals surface area contributed by atoms with Crippen LogP contribution >= 0.6 is 0 Å². The van der Waals surface area contributed by atoms with Crippen LogP contribution in [0.1, 0.15) is 0 Å². The molecule has 0 unspecified atom stereocenters. The third kappa shape index (κ3) is 5.50. The first-order chi connectivity index (χ1) is 29.8. The molecule has 0 saturated carbocycles. The Balaban J connectivity index is 1.06. The van der Waals surface area contributed by atoms with Crippen molar-refractivity contribution in [1.82, 2.24) is 0 Å². The van der Waals surface area contributed by atoms with Crippen LogP contribution in [0.2, 0.25) is 0 Å². The Morgan fingerprint density at radius 2 is 0.800 bits per heavy atom. The molecule has 0 N–H and O–H groups in total. The van der Waals surface area contributed by atoms with E-state index in [-0.39, 0.29) is 0 Å². The van der Waals surface area contributed by atoms with Crippen LogP contribution in [0, 0.1) is 0 Å². The SMILES string of the molecule is c1cc(-c2ccccc2N(c2ccc(-c3cccc4c3oc3ccccc34)cc2)c2ccc3c4ccccc4c4ccccc4c3c2)cc(-c2cccc3ccccc23)c1. The summed E-state index contributed by atoms with van der Waals surface area (Å²) in [5.74, 6) is 0. The molecule has 1 aromatic heterocycles. The first-order valence-corrected chi connectivity index (χ1v) is 20.6. The minimum atomic E-state index is 0.903. The van der Waals surface area contributed by atoms with Gasteiger partial charge in [0.15, 0.2) is 0 Å². The zero-order valence-corrected chi connectivity index (χ0v) is 32.7. The van der Waals surface area contributed by atoms with Crippen molar-refractivity contribution in [2.24, 2.45) is 0 Å². The van der Waals surface area contributed by atoms with Gasteiger partial charge in [0.2, 0.25) is 0 Å². The van der Waals surface area contributed by atoms with Crippen LogP contribution < -0.4 is 4.90 Å². The molecule has 0 aliphatic rings. The van der Waals surface area contributed by atoms with E-state index in [9.17, 15) is 0 Å². The lowest BCUT2D eigenvalue weighted by Gasteiger charge is -2.29. The molecule has 0 fully saturated rings. The molecular formula is C58H37NO. The minimum absolute atomic E-state index is 0.903. The predicted octanol–water partition coefficient (Wildman–Crippen LogP) is 16.7. The van der Waals surface area contributed by atoms with Crippen molar-refractivity contribution in [2.75, 3.05) is 4.90 Å². The molecule has 12 rings (SSSR count). The standard InChI is InChI=1S/C58H37NO/c1-2-18-44-38(14-1)15-12-25-45(44)40-16-11-17-41(36-40)46-19-7-9-28-56(46)59(43-34-35-52-50-22-4-3-20-48(50)49-21-5-6-23-51(49)55(52)37-43)42-32-30-39(31-33-42)47-26-13-27-54-53-24-8-10-29-57(53)60-58(47)54/h1-37H. The van der Waals surface area contributed by atoms with Crippen molar-refractivity contribution < 1.29 is 4.42 Å². The normalized spacial score (nSPS) is 11.7. The van der Waals surface area contributed by atoms with Gasteiger partial charge in [0.25, 0.3) is 0 Å². The molecule has 280 valence electrons. The molecule has 0 aliphatic carbocycles. The number of nitrogens with zero attached hydrogens (tertiary/aromatic N) is 1. The van der Waals surface area contributed by atoms with Gasteiger partial charge in [-0.25, -0.2) is 0 Å². The van der Waals surface area contributed by atoms with Gasteiger partial charge in [-0.15, -0.1) is 0 Å². The van der Waals surface area contributed by atoms with Crippen LogP contribution in [0.25, 0.3) is 98.4 Å². The smallest absolute Gasteiger partial charge is 0.143 e. The molecule has 0 bridgehead atoms. The van der Waals surface area contributed by atoms with Crippen molar-refractivity contribution in [3.05, 3.63) is 224 Å². The van der Waals surface area contributed by atoms with E-state index in [1.54, 1.807) is 0 Å². The fourth-order valence-corrected chi connectivity index (χ4v) is 9.47. The number of hydrogen-bond donors (Lipinski definition) is 0. The lowest BCUT2D eigenvalue weighted by Crippen LogP contribution is -2.11. The van der Waals surface area contributed by atoms with Gasteiger partial charge in [-0.2, -0.15) is 0 Å². The quantitative estimate of drug-likeness (QED) is 0.157. The molecule has 12 aromatic rings. The summed E-state index contributed by atoms with van der Waals surface area (Å²) in [5, 5.41) is 12.3. The van der Waals surface area contributed by atoms with Crippen LogP contribution in [-0.2, 0) is 0 Å². The van der Waals surface area contributed by atoms with E-state index < -0.39 is 0 Å². The Hall–Kier alpha value is -7.94. The van der Waals surface area contributed by atoms with Crippen LogP contribution in [0.15, 0.2) is 229 Å². The number of para-hydroxylation sites is 3. The van der Waals surface area contributed by atoms with Gasteiger partial charge in [0.05, 0.1) is 5.69 Å². The van der Waals surface area contributed by atoms with Crippen molar-refractivity contribution in [2.45, 2.75) is 0 Å². The average Bonchev–Trinajstić information content (AvgIpc) is 3.71. The molecule has 0 saturated heterocycles. The highest BCUT2D eigenvalue weighted by Gasteiger charge is 2.20. The van der Waals surface area contributed by atoms with Gasteiger partial charge in [0.1, 0.15) is 11.2 Å². The molecule has 0 spiro atoms. The van der Waals surface area contributed by atoms with Gasteiger partial charge >= 0.3 is 0 Å². The van der Waals surface area contributed by atoms with Gasteiger partial charge in [0, 0.05) is 33.3 Å². The summed E-state index contributed by atoms with van der Waals surface area (Å²) in [6, 6.07) is 81.3. The second-order valence-electron chi connectivity index (χ2n) is 15.6. The minimum Gasteiger partial charge on any atom is -0.455 e. The summed E-state index contributed by atoms with van der Waals surface area (Å²) < 4.78 is 6.48. The van der Waals surface area contributed by atoms with Gasteiger partial charge in [-0.05, 0) is 108 Å². The Bertz CT molecular complexity index is 3570. The zero-order valence-electron chi connectivity index (χ0n) is 32.7. The molecule has 0 atom stereocenters. The number of anilines is 3. The van der Waals surface area contributed by atoms with Crippen LogP contribution in [0.3, 0.4) is 0 Å². The Morgan fingerprint density at radius 1 is 0.283 bits per heavy atom. The Morgan fingerprint density at radius 3 is 1.58 bits per heavy atom. The van der Waals surface area contributed by atoms with Crippen molar-refractivity contribution in [3.63, 3.8) is 0 Å². The third-order valence-corrected chi connectivity index (χ3v) is 12.2. The van der Waals surface area contributed by atoms with Gasteiger partial charge < -0.3 is 9.32 Å². The molecule has 2 nitrogen and oxygen atoms in total. The zero-order chi connectivity index (χ0) is 39.6. The van der Waals surface area contributed by atoms with E-state index in [4.69, 9.17) is 4.42 Å². The maximum Gasteiger partial charge on any atom is 0.143 e. The van der Waals surface area contributed by atoms with Crippen LogP contribution in [0.4, 0.5) is 17.1 Å². The molecule has 11 aromatic carbocycles. The van der Waals surface area contributed by atoms with Crippen molar-refractivity contribution in [3.8, 4) is 33.4 Å². The maximum absolute atomic E-state index is 6.48. The molecule has 0 radical (unpaired) electrons. The lowest BCUT2D eigenvalue weighted by molar-refractivity contribution is 0.670. The maximum atomic E-state index is 6.48. The molecule has 60 heavy (non-hydrogen) atoms. The first-order valence-electron chi connectivity index (χ1n) is 20.6. The summed E-state index contributed by atoms with van der Waals surface area (Å²) in [7, 11) is 0. The highest BCUT2D eigenvalue weighted by atomic mass is 16.3. The first kappa shape index (κ1) is 34.1. The van der Waals surface area contributed by atoms with E-state index in [1.165, 1.54) is 54.2 Å². The molecule has 2 heteroatoms. The summed E-state index contributed by atoms with van der Waals surface area (Å²) >= 11 is 0. The summed E-state index contributed by atoms with van der Waals surface area (Å²) in [4.78, 5) is 2.43. The van der Waals surface area contributed by atoms with Gasteiger partial charge in [-0.1, -0.05) is 182 Å². The number of furan rings is 1. The Kier molecular flexibility index (Phi) is 7.89. The summed E-state index contributed by atoms with van der Waals surface area (Å²) in [5.41, 5.74) is 12.0. The van der Waals surface area contributed by atoms with Crippen molar-refractivity contribution in [1.29, 1.82) is 0 Å². The van der Waals surface area contributed by atoms with Crippen molar-refractivity contribution >= 4 is 82.1 Å². The highest BCUT2D eigenvalue weighted by Crippen LogP contribution is 2.45. The number of benzene rings is 11. The molecule has 0 aliphatic heterocycles. The third-order valence-electron chi connectivity index (χ3n) is 12.2. The average molecular weight is 764 g/mol. The highest BCUT2D eigenvalue weighted by molar-refractivity contribution is 6.26. The number of hydrogen-bond acceptors (Lipinski definition) is 2. The monoisotopic (exact) mass is 763 g/mol. The fraction of sp³-hybridized carbons (Fsp3) is 0. The molecule has 1 heterocycles. The largest absolute Gasteiger partial charge is 0.455 e. The lowest BCUT2D eigenvalue weighted by atomic mass is 9.93. The second-order valence-corrected chi connectivity index (χ2v) is 15.6. The molecule has 0 amide bonds.